The fourth-order valence-electron chi connectivity index (χ4n) is 5.87. The summed E-state index contributed by atoms with van der Waals surface area (Å²) in [4.78, 5) is 42.6. The van der Waals surface area contributed by atoms with Crippen LogP contribution in [0.4, 0.5) is 5.69 Å². The Labute approximate surface area is 235 Å². The monoisotopic (exact) mass is 542 g/mol. The van der Waals surface area contributed by atoms with Crippen LogP contribution in [0.3, 0.4) is 0 Å². The Hall–Kier alpha value is -3.71. The molecule has 7 nitrogen and oxygen atoms in total. The number of aliphatic carboxylic acids is 1. The van der Waals surface area contributed by atoms with E-state index in [1.54, 1.807) is 9.80 Å². The fraction of sp³-hybridized carbons (Fsp3) is 0.424. The van der Waals surface area contributed by atoms with Crippen molar-refractivity contribution in [3.8, 4) is 0 Å². The summed E-state index contributed by atoms with van der Waals surface area (Å²) in [6.45, 7) is 9.52. The van der Waals surface area contributed by atoms with Gasteiger partial charge in [-0.15, -0.1) is 0 Å². The number of carbonyl (C=O) groups excluding carboxylic acids is 2. The van der Waals surface area contributed by atoms with Gasteiger partial charge in [-0.3, -0.25) is 14.4 Å². The van der Waals surface area contributed by atoms with Gasteiger partial charge in [0.05, 0.1) is 12.3 Å². The topological polar surface area (TPSA) is 87.1 Å². The summed E-state index contributed by atoms with van der Waals surface area (Å²) in [6.07, 6.45) is -0.792. The highest BCUT2D eigenvalue weighted by atomic mass is 16.5. The molecule has 2 aliphatic heterocycles. The van der Waals surface area contributed by atoms with Gasteiger partial charge < -0.3 is 19.6 Å². The van der Waals surface area contributed by atoms with Crippen LogP contribution in [0, 0.1) is 18.3 Å². The zero-order valence-corrected chi connectivity index (χ0v) is 23.7. The number of aryl methyl sites for hydroxylation is 1. The molecule has 0 spiro atoms. The Balaban J connectivity index is 1.56. The standard InChI is InChI=1S/C33H38N2O5/c1-21-12-13-27-26(18-21)30(25-11-7-9-22-8-5-6-10-24(22)25)40-28(31(37)35(27)20-33(2,3)4)19-29(36)34-16-14-23(15-17-34)32(38)39/h5-13,18,23,28,30H,14-17,19-20H2,1-4H3,(H,38,39). The van der Waals surface area contributed by atoms with E-state index in [0.29, 0.717) is 32.5 Å². The van der Waals surface area contributed by atoms with Crippen molar-refractivity contribution in [2.24, 2.45) is 11.3 Å². The molecular weight excluding hydrogens is 504 g/mol. The molecule has 2 heterocycles. The Morgan fingerprint density at radius 3 is 2.38 bits per heavy atom. The van der Waals surface area contributed by atoms with E-state index >= 15 is 0 Å². The van der Waals surface area contributed by atoms with Crippen molar-refractivity contribution in [3.63, 3.8) is 0 Å². The molecule has 1 fully saturated rings. The number of piperidine rings is 1. The van der Waals surface area contributed by atoms with Crippen molar-refractivity contribution in [1.29, 1.82) is 0 Å². The molecule has 2 atom stereocenters. The van der Waals surface area contributed by atoms with E-state index < -0.39 is 24.1 Å². The van der Waals surface area contributed by atoms with Crippen molar-refractivity contribution >= 4 is 34.2 Å². The van der Waals surface area contributed by atoms with E-state index in [-0.39, 0.29) is 23.7 Å². The second-order valence-electron chi connectivity index (χ2n) is 12.3. The SMILES string of the molecule is Cc1ccc2c(c1)C(c1cccc3ccccc13)OC(CC(=O)N1CCC(C(=O)O)CC1)C(=O)N2CC(C)(C)C. The third-order valence-corrected chi connectivity index (χ3v) is 7.89. The molecule has 210 valence electrons. The first-order valence-corrected chi connectivity index (χ1v) is 14.1. The van der Waals surface area contributed by atoms with Crippen LogP contribution in [0.2, 0.25) is 0 Å². The van der Waals surface area contributed by atoms with Gasteiger partial charge in [0.15, 0.2) is 0 Å². The van der Waals surface area contributed by atoms with Gasteiger partial charge in [0.1, 0.15) is 12.2 Å². The number of nitrogens with zero attached hydrogens (tertiary/aromatic N) is 2. The minimum atomic E-state index is -0.983. The molecule has 3 aromatic carbocycles. The number of rotatable bonds is 5. The number of carboxylic acid groups (broad SMARTS) is 1. The first-order chi connectivity index (χ1) is 19.0. The number of likely N-dealkylation sites (tertiary alicyclic amines) is 1. The number of carbonyl (C=O) groups is 3. The van der Waals surface area contributed by atoms with Crippen LogP contribution >= 0.6 is 0 Å². The van der Waals surface area contributed by atoms with Gasteiger partial charge in [-0.25, -0.2) is 0 Å². The normalized spacial score (nSPS) is 20.4. The highest BCUT2D eigenvalue weighted by molar-refractivity contribution is 6.00. The number of ether oxygens (including phenoxy) is 1. The lowest BCUT2D eigenvalue weighted by Crippen LogP contribution is -2.47. The zero-order chi connectivity index (χ0) is 28.6. The van der Waals surface area contributed by atoms with Crippen LogP contribution in [0.1, 0.15) is 62.8 Å². The van der Waals surface area contributed by atoms with Crippen molar-refractivity contribution in [2.45, 2.75) is 59.2 Å². The fourth-order valence-corrected chi connectivity index (χ4v) is 5.87. The van der Waals surface area contributed by atoms with Crippen molar-refractivity contribution in [2.75, 3.05) is 24.5 Å². The van der Waals surface area contributed by atoms with Crippen molar-refractivity contribution in [3.05, 3.63) is 77.4 Å². The van der Waals surface area contributed by atoms with Crippen molar-refractivity contribution < 1.29 is 24.2 Å². The highest BCUT2D eigenvalue weighted by Gasteiger charge is 2.40. The van der Waals surface area contributed by atoms with E-state index in [4.69, 9.17) is 4.74 Å². The molecule has 0 radical (unpaired) electrons. The van der Waals surface area contributed by atoms with E-state index in [0.717, 1.165) is 33.2 Å². The molecule has 2 amide bonds. The van der Waals surface area contributed by atoms with Crippen LogP contribution in [-0.4, -0.2) is 53.5 Å². The third kappa shape index (κ3) is 5.75. The lowest BCUT2D eigenvalue weighted by molar-refractivity contribution is -0.148. The van der Waals surface area contributed by atoms with Crippen LogP contribution < -0.4 is 4.90 Å². The van der Waals surface area contributed by atoms with Crippen LogP contribution in [0.5, 0.6) is 0 Å². The molecular formula is C33H38N2O5. The number of benzene rings is 3. The largest absolute Gasteiger partial charge is 0.481 e. The Kier molecular flexibility index (Phi) is 7.69. The number of carboxylic acids is 1. The molecule has 1 N–H and O–H groups in total. The molecule has 5 rings (SSSR count). The number of hydrogen-bond acceptors (Lipinski definition) is 4. The van der Waals surface area contributed by atoms with Gasteiger partial charge in [-0.1, -0.05) is 80.9 Å². The summed E-state index contributed by atoms with van der Waals surface area (Å²) in [5.41, 5.74) is 3.54. The Bertz CT molecular complexity index is 1430. The summed E-state index contributed by atoms with van der Waals surface area (Å²) >= 11 is 0. The van der Waals surface area contributed by atoms with E-state index in [2.05, 4.69) is 45.0 Å². The first kappa shape index (κ1) is 27.8. The molecule has 0 saturated carbocycles. The summed E-state index contributed by atoms with van der Waals surface area (Å²) in [6, 6.07) is 20.3. The maximum absolute atomic E-state index is 14.2. The second kappa shape index (κ2) is 11.0. The van der Waals surface area contributed by atoms with Gasteiger partial charge in [-0.2, -0.15) is 0 Å². The predicted molar refractivity (Wildman–Crippen MR) is 155 cm³/mol. The first-order valence-electron chi connectivity index (χ1n) is 14.1. The Morgan fingerprint density at radius 2 is 1.68 bits per heavy atom. The average molecular weight is 543 g/mol. The third-order valence-electron chi connectivity index (χ3n) is 7.89. The summed E-state index contributed by atoms with van der Waals surface area (Å²) in [5, 5.41) is 11.5. The predicted octanol–water partition coefficient (Wildman–Crippen LogP) is 5.73. The maximum atomic E-state index is 14.2. The van der Waals surface area contributed by atoms with Crippen LogP contribution in [0.25, 0.3) is 10.8 Å². The summed E-state index contributed by atoms with van der Waals surface area (Å²) in [7, 11) is 0. The maximum Gasteiger partial charge on any atom is 0.306 e. The molecule has 0 aliphatic carbocycles. The number of hydrogen-bond donors (Lipinski definition) is 1. The molecule has 1 saturated heterocycles. The summed E-state index contributed by atoms with van der Waals surface area (Å²) in [5.74, 6) is -1.66. The van der Waals surface area contributed by atoms with Crippen molar-refractivity contribution in [1.82, 2.24) is 4.90 Å². The molecule has 2 unspecified atom stereocenters. The van der Waals surface area contributed by atoms with Crippen LogP contribution in [-0.2, 0) is 19.1 Å². The number of anilines is 1. The van der Waals surface area contributed by atoms with Gasteiger partial charge >= 0.3 is 5.97 Å². The Morgan fingerprint density at radius 1 is 0.975 bits per heavy atom. The van der Waals surface area contributed by atoms with E-state index in [1.165, 1.54) is 0 Å². The summed E-state index contributed by atoms with van der Waals surface area (Å²) < 4.78 is 6.73. The van der Waals surface area contributed by atoms with Crippen LogP contribution in [0.15, 0.2) is 60.7 Å². The molecule has 0 bridgehead atoms. The molecule has 2 aliphatic rings. The molecule has 7 heteroatoms. The highest BCUT2D eigenvalue weighted by Crippen LogP contribution is 2.42. The molecule has 0 aromatic heterocycles. The number of fused-ring (bicyclic) bond motifs is 2. The van der Waals surface area contributed by atoms with Gasteiger partial charge in [0.25, 0.3) is 5.91 Å². The average Bonchev–Trinajstić information content (AvgIpc) is 3.02. The number of amides is 2. The molecule has 40 heavy (non-hydrogen) atoms. The zero-order valence-electron chi connectivity index (χ0n) is 23.7. The van der Waals surface area contributed by atoms with Gasteiger partial charge in [-0.05, 0) is 47.6 Å². The van der Waals surface area contributed by atoms with E-state index in [1.807, 2.05) is 43.3 Å². The van der Waals surface area contributed by atoms with Gasteiger partial charge in [0.2, 0.25) is 5.91 Å². The molecule has 3 aromatic rings. The quantitative estimate of drug-likeness (QED) is 0.445. The minimum Gasteiger partial charge on any atom is -0.481 e. The lowest BCUT2D eigenvalue weighted by atomic mass is 9.92. The minimum absolute atomic E-state index is 0.0918. The lowest BCUT2D eigenvalue weighted by Gasteiger charge is -2.33. The second-order valence-corrected chi connectivity index (χ2v) is 12.3. The van der Waals surface area contributed by atoms with E-state index in [9.17, 15) is 19.5 Å². The smallest absolute Gasteiger partial charge is 0.306 e. The van der Waals surface area contributed by atoms with Gasteiger partial charge in [0, 0.05) is 30.9 Å².